The van der Waals surface area contributed by atoms with E-state index >= 15 is 0 Å². The lowest BCUT2D eigenvalue weighted by Gasteiger charge is -2.31. The molecule has 1 N–H and O–H groups in total. The van der Waals surface area contributed by atoms with Crippen LogP contribution < -0.4 is 0 Å². The maximum atomic E-state index is 11.3. The fraction of sp³-hybridized carbons (Fsp3) is 0.750. The van der Waals surface area contributed by atoms with E-state index < -0.39 is 5.97 Å². The van der Waals surface area contributed by atoms with Crippen molar-refractivity contribution in [2.24, 2.45) is 18.9 Å². The molecule has 1 aromatic rings. The van der Waals surface area contributed by atoms with Crippen LogP contribution >= 0.6 is 11.8 Å². The summed E-state index contributed by atoms with van der Waals surface area (Å²) in [5.74, 6) is 0.502. The molecule has 3 unspecified atom stereocenters. The molecule has 1 fully saturated rings. The minimum absolute atomic E-state index is 0.105. The predicted octanol–water partition coefficient (Wildman–Crippen LogP) is 2.11. The molecule has 5 nitrogen and oxygen atoms in total. The van der Waals surface area contributed by atoms with Gasteiger partial charge in [-0.2, -0.15) is 0 Å². The first-order valence-corrected chi connectivity index (χ1v) is 7.12. The van der Waals surface area contributed by atoms with Gasteiger partial charge in [0.05, 0.1) is 5.92 Å². The van der Waals surface area contributed by atoms with Gasteiger partial charge < -0.3 is 9.67 Å². The van der Waals surface area contributed by atoms with E-state index in [1.54, 1.807) is 11.8 Å². The summed E-state index contributed by atoms with van der Waals surface area (Å²) in [6, 6.07) is 0. The van der Waals surface area contributed by atoms with Crippen molar-refractivity contribution < 1.29 is 9.90 Å². The molecular formula is C12H19N3O2S. The van der Waals surface area contributed by atoms with Gasteiger partial charge in [0.15, 0.2) is 5.16 Å². The van der Waals surface area contributed by atoms with Crippen LogP contribution in [0.2, 0.25) is 0 Å². The standard InChI is InChI=1S/C12H19N3O2S/c1-7-4-5-9(11(16)17)10(6-7)18-12-14-13-8(2)15(12)3/h7,9-10H,4-6H2,1-3H3,(H,16,17). The molecule has 0 aliphatic heterocycles. The average Bonchev–Trinajstić information content (AvgIpc) is 2.61. The molecule has 100 valence electrons. The lowest BCUT2D eigenvalue weighted by molar-refractivity contribution is -0.142. The first kappa shape index (κ1) is 13.4. The van der Waals surface area contributed by atoms with Crippen molar-refractivity contribution in [2.75, 3.05) is 0 Å². The van der Waals surface area contributed by atoms with Crippen molar-refractivity contribution in [1.82, 2.24) is 14.8 Å². The van der Waals surface area contributed by atoms with Gasteiger partial charge in [-0.05, 0) is 32.1 Å². The lowest BCUT2D eigenvalue weighted by atomic mass is 9.82. The Hall–Kier alpha value is -1.04. The molecule has 0 radical (unpaired) electrons. The largest absolute Gasteiger partial charge is 0.481 e. The van der Waals surface area contributed by atoms with Crippen molar-refractivity contribution in [2.45, 2.75) is 43.5 Å². The molecule has 0 amide bonds. The zero-order valence-corrected chi connectivity index (χ0v) is 11.8. The second-order valence-corrected chi connectivity index (χ2v) is 6.31. The Bertz CT molecular complexity index is 447. The van der Waals surface area contributed by atoms with Gasteiger partial charge >= 0.3 is 5.97 Å². The number of carbonyl (C=O) groups is 1. The molecule has 6 heteroatoms. The Labute approximate surface area is 111 Å². The first-order chi connectivity index (χ1) is 8.49. The van der Waals surface area contributed by atoms with E-state index in [2.05, 4.69) is 17.1 Å². The number of carboxylic acids is 1. The normalized spacial score (nSPS) is 28.3. The van der Waals surface area contributed by atoms with Crippen LogP contribution in [0.5, 0.6) is 0 Å². The van der Waals surface area contributed by atoms with E-state index in [0.717, 1.165) is 30.2 Å². The van der Waals surface area contributed by atoms with Crippen LogP contribution in [-0.2, 0) is 11.8 Å². The molecule has 0 bridgehead atoms. The van der Waals surface area contributed by atoms with Gasteiger partial charge in [0, 0.05) is 12.3 Å². The molecule has 0 saturated heterocycles. The quantitative estimate of drug-likeness (QED) is 0.910. The number of rotatable bonds is 3. The summed E-state index contributed by atoms with van der Waals surface area (Å²) in [6.45, 7) is 4.09. The first-order valence-electron chi connectivity index (χ1n) is 6.24. The number of aliphatic carboxylic acids is 1. The molecule has 1 heterocycles. The average molecular weight is 269 g/mol. The van der Waals surface area contributed by atoms with Gasteiger partial charge in [0.25, 0.3) is 0 Å². The molecule has 0 spiro atoms. The highest BCUT2D eigenvalue weighted by atomic mass is 32.2. The molecule has 3 atom stereocenters. The Morgan fingerprint density at radius 2 is 2.17 bits per heavy atom. The van der Waals surface area contributed by atoms with Crippen molar-refractivity contribution in [3.63, 3.8) is 0 Å². The predicted molar refractivity (Wildman–Crippen MR) is 69.5 cm³/mol. The summed E-state index contributed by atoms with van der Waals surface area (Å²) >= 11 is 1.56. The van der Waals surface area contributed by atoms with Gasteiger partial charge in [-0.15, -0.1) is 10.2 Å². The van der Waals surface area contributed by atoms with Crippen LogP contribution in [0.25, 0.3) is 0 Å². The SMILES string of the molecule is Cc1nnc(SC2CC(C)CCC2C(=O)O)n1C. The number of thioether (sulfide) groups is 1. The maximum Gasteiger partial charge on any atom is 0.307 e. The van der Waals surface area contributed by atoms with Crippen molar-refractivity contribution >= 4 is 17.7 Å². The van der Waals surface area contributed by atoms with Gasteiger partial charge in [-0.25, -0.2) is 0 Å². The minimum atomic E-state index is -0.682. The number of carboxylic acid groups (broad SMARTS) is 1. The smallest absolute Gasteiger partial charge is 0.307 e. The minimum Gasteiger partial charge on any atom is -0.481 e. The van der Waals surface area contributed by atoms with Crippen LogP contribution in [0.15, 0.2) is 5.16 Å². The molecular weight excluding hydrogens is 250 g/mol. The van der Waals surface area contributed by atoms with Gasteiger partial charge in [0.1, 0.15) is 5.82 Å². The van der Waals surface area contributed by atoms with E-state index in [0.29, 0.717) is 5.92 Å². The van der Waals surface area contributed by atoms with Crippen LogP contribution in [0.1, 0.15) is 32.0 Å². The summed E-state index contributed by atoms with van der Waals surface area (Å²) in [6.07, 6.45) is 2.71. The molecule has 1 aliphatic rings. The number of aromatic nitrogens is 3. The van der Waals surface area contributed by atoms with Gasteiger partial charge in [-0.1, -0.05) is 18.7 Å². The Morgan fingerprint density at radius 1 is 1.44 bits per heavy atom. The van der Waals surface area contributed by atoms with Crippen molar-refractivity contribution in [3.05, 3.63) is 5.82 Å². The second kappa shape index (κ2) is 5.30. The highest BCUT2D eigenvalue weighted by Crippen LogP contribution is 2.39. The van der Waals surface area contributed by atoms with Crippen LogP contribution in [0.4, 0.5) is 0 Å². The molecule has 0 aromatic carbocycles. The van der Waals surface area contributed by atoms with Crippen LogP contribution in [0.3, 0.4) is 0 Å². The summed E-state index contributed by atoms with van der Waals surface area (Å²) < 4.78 is 1.92. The third kappa shape index (κ3) is 2.68. The van der Waals surface area contributed by atoms with E-state index in [-0.39, 0.29) is 11.2 Å². The van der Waals surface area contributed by atoms with Crippen molar-refractivity contribution in [3.8, 4) is 0 Å². The fourth-order valence-corrected chi connectivity index (χ4v) is 3.86. The topological polar surface area (TPSA) is 68.0 Å². The summed E-state index contributed by atoms with van der Waals surface area (Å²) in [5.41, 5.74) is 0. The van der Waals surface area contributed by atoms with E-state index in [1.165, 1.54) is 0 Å². The van der Waals surface area contributed by atoms with Crippen molar-refractivity contribution in [1.29, 1.82) is 0 Å². The molecule has 1 aromatic heterocycles. The number of aryl methyl sites for hydroxylation is 1. The summed E-state index contributed by atoms with van der Waals surface area (Å²) in [7, 11) is 1.92. The number of hydrogen-bond acceptors (Lipinski definition) is 4. The second-order valence-electron chi connectivity index (χ2n) is 5.11. The van der Waals surface area contributed by atoms with Gasteiger partial charge in [-0.3, -0.25) is 4.79 Å². The van der Waals surface area contributed by atoms with Crippen LogP contribution in [0, 0.1) is 18.8 Å². The Kier molecular flexibility index (Phi) is 3.94. The summed E-state index contributed by atoms with van der Waals surface area (Å²) in [5, 5.41) is 18.3. The highest BCUT2D eigenvalue weighted by molar-refractivity contribution is 7.99. The molecule has 1 aliphatic carbocycles. The molecule has 18 heavy (non-hydrogen) atoms. The third-order valence-corrected chi connectivity index (χ3v) is 5.07. The van der Waals surface area contributed by atoms with E-state index in [4.69, 9.17) is 0 Å². The maximum absolute atomic E-state index is 11.3. The number of hydrogen-bond donors (Lipinski definition) is 1. The zero-order chi connectivity index (χ0) is 13.3. The Morgan fingerprint density at radius 3 is 2.72 bits per heavy atom. The van der Waals surface area contributed by atoms with Gasteiger partial charge in [0.2, 0.25) is 0 Å². The van der Waals surface area contributed by atoms with Crippen LogP contribution in [-0.4, -0.2) is 31.1 Å². The molecule has 1 saturated carbocycles. The third-order valence-electron chi connectivity index (χ3n) is 3.68. The zero-order valence-electron chi connectivity index (χ0n) is 11.0. The monoisotopic (exact) mass is 269 g/mol. The Balaban J connectivity index is 2.13. The van der Waals surface area contributed by atoms with E-state index in [9.17, 15) is 9.90 Å². The fourth-order valence-electron chi connectivity index (χ4n) is 2.37. The highest BCUT2D eigenvalue weighted by Gasteiger charge is 2.35. The number of nitrogens with zero attached hydrogens (tertiary/aromatic N) is 3. The molecule has 2 rings (SSSR count). The van der Waals surface area contributed by atoms with E-state index in [1.807, 2.05) is 18.5 Å². The lowest BCUT2D eigenvalue weighted by Crippen LogP contribution is -2.32. The summed E-state index contributed by atoms with van der Waals surface area (Å²) in [4.78, 5) is 11.3.